The number of halogens is 1. The molecule has 0 aromatic carbocycles. The van der Waals surface area contributed by atoms with Crippen LogP contribution in [0.25, 0.3) is 0 Å². The average molecular weight is 277 g/mol. The van der Waals surface area contributed by atoms with E-state index in [0.717, 1.165) is 18.5 Å². The summed E-state index contributed by atoms with van der Waals surface area (Å²) in [6.07, 6.45) is 3.51. The molecule has 1 aliphatic heterocycles. The van der Waals surface area contributed by atoms with Gasteiger partial charge in [0.25, 0.3) is 0 Å². The zero-order chi connectivity index (χ0) is 12.5. The lowest BCUT2D eigenvalue weighted by Crippen LogP contribution is -2.28. The molecule has 1 aromatic rings. The first-order valence-corrected chi connectivity index (χ1v) is 7.78. The van der Waals surface area contributed by atoms with Gasteiger partial charge in [0.2, 0.25) is 10.0 Å². The second-order valence-electron chi connectivity index (χ2n) is 4.42. The van der Waals surface area contributed by atoms with Crippen molar-refractivity contribution in [3.63, 3.8) is 0 Å². The monoisotopic (exact) mass is 276 g/mol. The standard InChI is InChI=1S/C11H17ClN2O2S/c1-2-9-3-4-14(8-9)17(15,16)11-5-10(6-12)13-7-11/h5,7,9,13H,2-4,6,8H2,1H3. The number of aromatic amines is 1. The Bertz CT molecular complexity index is 483. The summed E-state index contributed by atoms with van der Waals surface area (Å²) in [6.45, 7) is 3.37. The first-order chi connectivity index (χ1) is 8.07. The number of alkyl halides is 1. The lowest BCUT2D eigenvalue weighted by atomic mass is 10.1. The van der Waals surface area contributed by atoms with Crippen molar-refractivity contribution in [3.8, 4) is 0 Å². The van der Waals surface area contributed by atoms with E-state index in [1.807, 2.05) is 0 Å². The normalized spacial score (nSPS) is 22.1. The second kappa shape index (κ2) is 5.00. The Balaban J connectivity index is 2.19. The summed E-state index contributed by atoms with van der Waals surface area (Å²) in [7, 11) is -3.33. The fraction of sp³-hybridized carbons (Fsp3) is 0.636. The van der Waals surface area contributed by atoms with Crippen molar-refractivity contribution in [1.82, 2.24) is 9.29 Å². The molecule has 4 nitrogen and oxygen atoms in total. The van der Waals surface area contributed by atoms with Crippen LogP contribution in [0.2, 0.25) is 0 Å². The molecule has 1 fully saturated rings. The fourth-order valence-electron chi connectivity index (χ4n) is 2.14. The summed E-state index contributed by atoms with van der Waals surface area (Å²) < 4.78 is 26.1. The van der Waals surface area contributed by atoms with E-state index >= 15 is 0 Å². The van der Waals surface area contributed by atoms with Crippen LogP contribution >= 0.6 is 11.6 Å². The Hall–Kier alpha value is -0.520. The Morgan fingerprint density at radius 3 is 2.88 bits per heavy atom. The molecule has 0 saturated carbocycles. The molecule has 1 unspecified atom stereocenters. The molecule has 0 amide bonds. The smallest absolute Gasteiger partial charge is 0.244 e. The van der Waals surface area contributed by atoms with Gasteiger partial charge in [-0.15, -0.1) is 11.6 Å². The number of hydrogen-bond acceptors (Lipinski definition) is 2. The van der Waals surface area contributed by atoms with Gasteiger partial charge >= 0.3 is 0 Å². The highest BCUT2D eigenvalue weighted by Crippen LogP contribution is 2.26. The largest absolute Gasteiger partial charge is 0.363 e. The third kappa shape index (κ3) is 2.51. The molecule has 1 saturated heterocycles. The first kappa shape index (κ1) is 12.9. The van der Waals surface area contributed by atoms with Gasteiger partial charge in [-0.2, -0.15) is 4.31 Å². The molecule has 1 aromatic heterocycles. The van der Waals surface area contributed by atoms with E-state index < -0.39 is 10.0 Å². The van der Waals surface area contributed by atoms with Crippen LogP contribution in [0.4, 0.5) is 0 Å². The zero-order valence-corrected chi connectivity index (χ0v) is 11.4. The van der Waals surface area contributed by atoms with Gasteiger partial charge in [0.1, 0.15) is 0 Å². The maximum Gasteiger partial charge on any atom is 0.244 e. The predicted octanol–water partition coefficient (Wildman–Crippen LogP) is 2.17. The second-order valence-corrected chi connectivity index (χ2v) is 6.63. The van der Waals surface area contributed by atoms with E-state index in [9.17, 15) is 8.42 Å². The van der Waals surface area contributed by atoms with E-state index in [0.29, 0.717) is 29.8 Å². The Morgan fingerprint density at radius 2 is 2.35 bits per heavy atom. The summed E-state index contributed by atoms with van der Waals surface area (Å²) in [6, 6.07) is 1.61. The zero-order valence-electron chi connectivity index (χ0n) is 9.82. The van der Waals surface area contributed by atoms with Gasteiger partial charge in [-0.25, -0.2) is 8.42 Å². The SMILES string of the molecule is CCC1CCN(S(=O)(=O)c2c[nH]c(CCl)c2)C1. The molecule has 0 spiro atoms. The molecular weight excluding hydrogens is 260 g/mol. The molecule has 1 aliphatic rings. The van der Waals surface area contributed by atoms with E-state index in [2.05, 4.69) is 11.9 Å². The quantitative estimate of drug-likeness (QED) is 0.857. The fourth-order valence-corrected chi connectivity index (χ4v) is 3.85. The van der Waals surface area contributed by atoms with Crippen LogP contribution in [-0.4, -0.2) is 30.8 Å². The summed E-state index contributed by atoms with van der Waals surface area (Å²) >= 11 is 5.66. The van der Waals surface area contributed by atoms with E-state index in [-0.39, 0.29) is 0 Å². The molecular formula is C11H17ClN2O2S. The average Bonchev–Trinajstić information content (AvgIpc) is 2.98. The summed E-state index contributed by atoms with van der Waals surface area (Å²) in [4.78, 5) is 3.20. The van der Waals surface area contributed by atoms with Gasteiger partial charge < -0.3 is 4.98 Å². The van der Waals surface area contributed by atoms with Crippen molar-refractivity contribution in [2.45, 2.75) is 30.5 Å². The third-order valence-corrected chi connectivity index (χ3v) is 5.45. The van der Waals surface area contributed by atoms with Crippen LogP contribution in [0.3, 0.4) is 0 Å². The Kier molecular flexibility index (Phi) is 3.80. The molecule has 1 atom stereocenters. The summed E-state index contributed by atoms with van der Waals surface area (Å²) in [5.41, 5.74) is 0.733. The maximum atomic E-state index is 12.3. The maximum absolute atomic E-state index is 12.3. The molecule has 0 radical (unpaired) electrons. The van der Waals surface area contributed by atoms with Gasteiger partial charge in [-0.05, 0) is 18.4 Å². The van der Waals surface area contributed by atoms with Gasteiger partial charge in [0, 0.05) is 25.0 Å². The molecule has 0 bridgehead atoms. The third-order valence-electron chi connectivity index (χ3n) is 3.32. The molecule has 1 N–H and O–H groups in total. The molecule has 17 heavy (non-hydrogen) atoms. The van der Waals surface area contributed by atoms with Crippen molar-refractivity contribution in [2.75, 3.05) is 13.1 Å². The van der Waals surface area contributed by atoms with Crippen molar-refractivity contribution in [3.05, 3.63) is 18.0 Å². The van der Waals surface area contributed by atoms with Gasteiger partial charge in [-0.3, -0.25) is 0 Å². The van der Waals surface area contributed by atoms with Crippen LogP contribution in [-0.2, 0) is 15.9 Å². The van der Waals surface area contributed by atoms with Crippen LogP contribution in [0, 0.1) is 5.92 Å². The predicted molar refractivity (Wildman–Crippen MR) is 67.5 cm³/mol. The Labute approximate surface area is 107 Å². The molecule has 0 aliphatic carbocycles. The van der Waals surface area contributed by atoms with Crippen molar-refractivity contribution in [2.24, 2.45) is 5.92 Å². The van der Waals surface area contributed by atoms with E-state index in [1.165, 1.54) is 6.20 Å². The van der Waals surface area contributed by atoms with E-state index in [1.54, 1.807) is 10.4 Å². The summed E-state index contributed by atoms with van der Waals surface area (Å²) in [5, 5.41) is 0. The number of nitrogens with zero attached hydrogens (tertiary/aromatic N) is 1. The topological polar surface area (TPSA) is 53.2 Å². The van der Waals surface area contributed by atoms with E-state index in [4.69, 9.17) is 11.6 Å². The minimum absolute atomic E-state index is 0.299. The first-order valence-electron chi connectivity index (χ1n) is 5.81. The highest BCUT2D eigenvalue weighted by molar-refractivity contribution is 7.89. The van der Waals surface area contributed by atoms with Gasteiger partial charge in [0.05, 0.1) is 10.8 Å². The highest BCUT2D eigenvalue weighted by atomic mass is 35.5. The van der Waals surface area contributed by atoms with Crippen LogP contribution < -0.4 is 0 Å². The number of nitrogens with one attached hydrogen (secondary N) is 1. The molecule has 2 rings (SSSR count). The Morgan fingerprint density at radius 1 is 1.59 bits per heavy atom. The lowest BCUT2D eigenvalue weighted by Gasteiger charge is -2.15. The number of aromatic nitrogens is 1. The number of hydrogen-bond donors (Lipinski definition) is 1. The minimum atomic E-state index is -3.33. The highest BCUT2D eigenvalue weighted by Gasteiger charge is 2.32. The van der Waals surface area contributed by atoms with Gasteiger partial charge in [0.15, 0.2) is 0 Å². The van der Waals surface area contributed by atoms with Crippen LogP contribution in [0.5, 0.6) is 0 Å². The number of rotatable bonds is 4. The number of H-pyrrole nitrogens is 1. The van der Waals surface area contributed by atoms with Crippen molar-refractivity contribution >= 4 is 21.6 Å². The van der Waals surface area contributed by atoms with Gasteiger partial charge in [-0.1, -0.05) is 13.3 Å². The van der Waals surface area contributed by atoms with Crippen molar-refractivity contribution < 1.29 is 8.42 Å². The summed E-state index contributed by atoms with van der Waals surface area (Å²) in [5.74, 6) is 0.795. The lowest BCUT2D eigenvalue weighted by molar-refractivity contribution is 0.453. The molecule has 96 valence electrons. The van der Waals surface area contributed by atoms with Crippen LogP contribution in [0.1, 0.15) is 25.5 Å². The van der Waals surface area contributed by atoms with Crippen LogP contribution in [0.15, 0.2) is 17.2 Å². The molecule has 2 heterocycles. The molecule has 6 heteroatoms. The minimum Gasteiger partial charge on any atom is -0.363 e. The number of sulfonamides is 1. The van der Waals surface area contributed by atoms with Crippen molar-refractivity contribution in [1.29, 1.82) is 0 Å².